The molecule has 1 heterocycles. The summed E-state index contributed by atoms with van der Waals surface area (Å²) in [6.45, 7) is 1.74. The van der Waals surface area contributed by atoms with Gasteiger partial charge in [-0.2, -0.15) is 0 Å². The van der Waals surface area contributed by atoms with Crippen molar-refractivity contribution in [2.24, 2.45) is 0 Å². The Hall–Kier alpha value is -1.85. The second kappa shape index (κ2) is 5.64. The maximum atomic E-state index is 13.6. The van der Waals surface area contributed by atoms with Crippen LogP contribution in [0.3, 0.4) is 0 Å². The zero-order valence-corrected chi connectivity index (χ0v) is 11.0. The van der Waals surface area contributed by atoms with Crippen molar-refractivity contribution in [1.82, 2.24) is 4.90 Å². The van der Waals surface area contributed by atoms with Crippen LogP contribution in [0.15, 0.2) is 12.1 Å². The molecule has 0 spiro atoms. The second-order valence-electron chi connectivity index (χ2n) is 4.95. The Morgan fingerprint density at radius 1 is 1.25 bits per heavy atom. The van der Waals surface area contributed by atoms with Gasteiger partial charge in [0, 0.05) is 31.1 Å². The summed E-state index contributed by atoms with van der Waals surface area (Å²) in [6, 6.07) is 0.613. The molecule has 1 aromatic carbocycles. The molecule has 6 heteroatoms. The molecule has 3 nitrogen and oxygen atoms in total. The van der Waals surface area contributed by atoms with Gasteiger partial charge in [0.2, 0.25) is 0 Å². The Balaban J connectivity index is 2.29. The van der Waals surface area contributed by atoms with Gasteiger partial charge >= 0.3 is 0 Å². The predicted octanol–water partition coefficient (Wildman–Crippen LogP) is 2.69. The van der Waals surface area contributed by atoms with Crippen LogP contribution < -0.4 is 0 Å². The summed E-state index contributed by atoms with van der Waals surface area (Å²) >= 11 is 0. The monoisotopic (exact) mass is 285 g/mol. The molecule has 0 N–H and O–H groups in total. The molecule has 1 unspecified atom stereocenters. The largest absolute Gasteiger partial charge is 0.335 e. The van der Waals surface area contributed by atoms with Gasteiger partial charge in [-0.05, 0) is 19.8 Å². The number of Topliss-reactive ketones (excluding diaryl/α,β-unsaturated/α-hetero) is 1. The summed E-state index contributed by atoms with van der Waals surface area (Å²) in [5.74, 6) is -4.43. The molecule has 1 aliphatic rings. The lowest BCUT2D eigenvalue weighted by molar-refractivity contribution is -0.117. The molecular weight excluding hydrogens is 271 g/mol. The Morgan fingerprint density at radius 2 is 1.85 bits per heavy atom. The van der Waals surface area contributed by atoms with E-state index >= 15 is 0 Å². The lowest BCUT2D eigenvalue weighted by Gasteiger charge is -2.24. The number of carbonyl (C=O) groups excluding carboxylic acids is 2. The van der Waals surface area contributed by atoms with Crippen LogP contribution in [-0.4, -0.2) is 29.2 Å². The number of benzene rings is 1. The first-order valence-electron chi connectivity index (χ1n) is 6.35. The molecule has 1 fully saturated rings. The molecule has 1 aliphatic heterocycles. The van der Waals surface area contributed by atoms with Gasteiger partial charge in [-0.3, -0.25) is 9.59 Å². The van der Waals surface area contributed by atoms with Crippen molar-refractivity contribution in [2.45, 2.75) is 32.2 Å². The van der Waals surface area contributed by atoms with Crippen molar-refractivity contribution >= 4 is 11.7 Å². The smallest absolute Gasteiger partial charge is 0.260 e. The van der Waals surface area contributed by atoms with E-state index in [4.69, 9.17) is 0 Å². The van der Waals surface area contributed by atoms with Gasteiger partial charge in [0.25, 0.3) is 5.91 Å². The van der Waals surface area contributed by atoms with E-state index in [0.29, 0.717) is 31.5 Å². The Labute approximate surface area is 114 Å². The first-order chi connectivity index (χ1) is 9.40. The van der Waals surface area contributed by atoms with E-state index in [-0.39, 0.29) is 18.2 Å². The number of amides is 1. The SMILES string of the molecule is CC(=O)CC1CCCN1C(=O)c1c(F)cc(F)cc1F. The highest BCUT2D eigenvalue weighted by Gasteiger charge is 2.33. The third kappa shape index (κ3) is 2.84. The van der Waals surface area contributed by atoms with Crippen LogP contribution >= 0.6 is 0 Å². The normalized spacial score (nSPS) is 18.4. The molecule has 20 heavy (non-hydrogen) atoms. The predicted molar refractivity (Wildman–Crippen MR) is 65.7 cm³/mol. The molecule has 0 aromatic heterocycles. The van der Waals surface area contributed by atoms with Crippen molar-refractivity contribution in [3.05, 3.63) is 35.1 Å². The van der Waals surface area contributed by atoms with Crippen LogP contribution in [0.25, 0.3) is 0 Å². The lowest BCUT2D eigenvalue weighted by Crippen LogP contribution is -2.37. The number of likely N-dealkylation sites (tertiary alicyclic amines) is 1. The van der Waals surface area contributed by atoms with Gasteiger partial charge in [0.15, 0.2) is 0 Å². The fourth-order valence-corrected chi connectivity index (χ4v) is 2.54. The summed E-state index contributed by atoms with van der Waals surface area (Å²) in [5, 5.41) is 0. The van der Waals surface area contributed by atoms with E-state index in [1.807, 2.05) is 0 Å². The molecule has 1 atom stereocenters. The number of halogens is 3. The van der Waals surface area contributed by atoms with E-state index < -0.39 is 28.9 Å². The fraction of sp³-hybridized carbons (Fsp3) is 0.429. The highest BCUT2D eigenvalue weighted by molar-refractivity contribution is 5.95. The van der Waals surface area contributed by atoms with Crippen LogP contribution in [0, 0.1) is 17.5 Å². The minimum Gasteiger partial charge on any atom is -0.335 e. The summed E-state index contributed by atoms with van der Waals surface area (Å²) < 4.78 is 40.1. The molecule has 0 radical (unpaired) electrons. The summed E-state index contributed by atoms with van der Waals surface area (Å²) in [4.78, 5) is 24.6. The number of rotatable bonds is 3. The number of ketones is 1. The van der Waals surface area contributed by atoms with Gasteiger partial charge < -0.3 is 4.90 Å². The van der Waals surface area contributed by atoms with Crippen molar-refractivity contribution in [3.63, 3.8) is 0 Å². The van der Waals surface area contributed by atoms with Crippen molar-refractivity contribution < 1.29 is 22.8 Å². The molecule has 0 bridgehead atoms. The summed E-state index contributed by atoms with van der Waals surface area (Å²) in [6.07, 6.45) is 1.46. The van der Waals surface area contributed by atoms with Crippen LogP contribution in [0.4, 0.5) is 13.2 Å². The molecule has 1 saturated heterocycles. The van der Waals surface area contributed by atoms with Crippen molar-refractivity contribution in [1.29, 1.82) is 0 Å². The van der Waals surface area contributed by atoms with Crippen molar-refractivity contribution in [2.75, 3.05) is 6.54 Å². The van der Waals surface area contributed by atoms with E-state index in [9.17, 15) is 22.8 Å². The van der Waals surface area contributed by atoms with Gasteiger partial charge in [-0.15, -0.1) is 0 Å². The van der Waals surface area contributed by atoms with Gasteiger partial charge in [0.05, 0.1) is 0 Å². The third-order valence-electron chi connectivity index (χ3n) is 3.38. The third-order valence-corrected chi connectivity index (χ3v) is 3.38. The van der Waals surface area contributed by atoms with Crippen LogP contribution in [-0.2, 0) is 4.79 Å². The van der Waals surface area contributed by atoms with E-state index in [2.05, 4.69) is 0 Å². The Bertz CT molecular complexity index is 536. The molecule has 2 rings (SSSR count). The second-order valence-corrected chi connectivity index (χ2v) is 4.95. The zero-order chi connectivity index (χ0) is 14.9. The van der Waals surface area contributed by atoms with Gasteiger partial charge in [-0.1, -0.05) is 0 Å². The number of hydrogen-bond acceptors (Lipinski definition) is 2. The topological polar surface area (TPSA) is 37.4 Å². The van der Waals surface area contributed by atoms with E-state index in [0.717, 1.165) is 0 Å². The highest BCUT2D eigenvalue weighted by Crippen LogP contribution is 2.25. The van der Waals surface area contributed by atoms with Gasteiger partial charge in [-0.25, -0.2) is 13.2 Å². The molecule has 1 amide bonds. The molecular formula is C14H14F3NO2. The Kier molecular flexibility index (Phi) is 4.11. The minimum absolute atomic E-state index is 0.0882. The lowest BCUT2D eigenvalue weighted by atomic mass is 10.1. The van der Waals surface area contributed by atoms with Gasteiger partial charge in [0.1, 0.15) is 28.8 Å². The summed E-state index contributed by atoms with van der Waals surface area (Å²) in [7, 11) is 0. The first-order valence-corrected chi connectivity index (χ1v) is 6.35. The molecule has 0 saturated carbocycles. The van der Waals surface area contributed by atoms with E-state index in [1.54, 1.807) is 0 Å². The Morgan fingerprint density at radius 3 is 2.40 bits per heavy atom. The highest BCUT2D eigenvalue weighted by atomic mass is 19.1. The number of nitrogens with zero attached hydrogens (tertiary/aromatic N) is 1. The zero-order valence-electron chi connectivity index (χ0n) is 11.0. The minimum atomic E-state index is -1.22. The molecule has 108 valence electrons. The fourth-order valence-electron chi connectivity index (χ4n) is 2.54. The molecule has 0 aliphatic carbocycles. The maximum absolute atomic E-state index is 13.6. The quantitative estimate of drug-likeness (QED) is 0.856. The number of carbonyl (C=O) groups is 2. The van der Waals surface area contributed by atoms with Crippen LogP contribution in [0.5, 0.6) is 0 Å². The number of hydrogen-bond donors (Lipinski definition) is 0. The average molecular weight is 285 g/mol. The van der Waals surface area contributed by atoms with Crippen LogP contribution in [0.1, 0.15) is 36.5 Å². The van der Waals surface area contributed by atoms with Crippen LogP contribution in [0.2, 0.25) is 0 Å². The van der Waals surface area contributed by atoms with E-state index in [1.165, 1.54) is 11.8 Å². The maximum Gasteiger partial charge on any atom is 0.260 e. The van der Waals surface area contributed by atoms with Crippen molar-refractivity contribution in [3.8, 4) is 0 Å². The molecule has 1 aromatic rings. The standard InChI is InChI=1S/C14H14F3NO2/c1-8(19)5-10-3-2-4-18(10)14(20)13-11(16)6-9(15)7-12(13)17/h6-7,10H,2-5H2,1H3. The summed E-state index contributed by atoms with van der Waals surface area (Å²) in [5.41, 5.74) is -0.762. The first kappa shape index (κ1) is 14.6. The average Bonchev–Trinajstić information content (AvgIpc) is 2.74.